The first kappa shape index (κ1) is 17.7. The second-order valence-electron chi connectivity index (χ2n) is 6.11. The van der Waals surface area contributed by atoms with Crippen LogP contribution in [0, 0.1) is 0 Å². The molecule has 0 radical (unpaired) electrons. The van der Waals surface area contributed by atoms with Crippen LogP contribution in [0.5, 0.6) is 0 Å². The number of pyridine rings is 1. The van der Waals surface area contributed by atoms with Crippen LogP contribution >= 0.6 is 11.3 Å². The van der Waals surface area contributed by atoms with Crippen molar-refractivity contribution in [2.75, 3.05) is 31.1 Å². The zero-order chi connectivity index (χ0) is 17.5. The first-order valence-corrected chi connectivity index (χ1v) is 9.46. The monoisotopic (exact) mass is 359 g/mol. The number of aliphatic imine (C=N–C) groups is 1. The number of aromatic nitrogens is 1. The quantitative estimate of drug-likeness (QED) is 0.610. The number of nitrogens with two attached hydrogens (primary N) is 1. The van der Waals surface area contributed by atoms with E-state index in [4.69, 9.17) is 10.5 Å². The molecule has 2 aromatic rings. The minimum atomic E-state index is 0.250. The molecule has 7 heteroatoms. The van der Waals surface area contributed by atoms with Crippen LogP contribution in [0.4, 0.5) is 5.82 Å². The Labute approximate surface area is 152 Å². The molecular formula is C18H25N5OS. The standard InChI is InChI=1S/C18H25N5OS/c1-14-13-23(8-9-24-14)17-5-4-15(11-21-17)12-22-18(19)20-7-6-16-3-2-10-25-16/h2-5,10-11,14H,6-9,12-13H2,1H3,(H3,19,20,22). The Morgan fingerprint density at radius 3 is 3.12 bits per heavy atom. The van der Waals surface area contributed by atoms with Crippen LogP contribution in [0.3, 0.4) is 0 Å². The van der Waals surface area contributed by atoms with Crippen molar-refractivity contribution < 1.29 is 4.74 Å². The Morgan fingerprint density at radius 1 is 1.48 bits per heavy atom. The van der Waals surface area contributed by atoms with Gasteiger partial charge >= 0.3 is 0 Å². The summed E-state index contributed by atoms with van der Waals surface area (Å²) in [5.41, 5.74) is 6.97. The van der Waals surface area contributed by atoms with Gasteiger partial charge in [0.05, 0.1) is 19.3 Å². The molecule has 1 atom stereocenters. The highest BCUT2D eigenvalue weighted by atomic mass is 32.1. The highest BCUT2D eigenvalue weighted by molar-refractivity contribution is 7.09. The Bertz CT molecular complexity index is 671. The lowest BCUT2D eigenvalue weighted by Crippen LogP contribution is -2.41. The molecule has 3 rings (SSSR count). The number of thiophene rings is 1. The van der Waals surface area contributed by atoms with E-state index in [1.165, 1.54) is 4.88 Å². The molecule has 3 heterocycles. The van der Waals surface area contributed by atoms with Crippen LogP contribution in [0.2, 0.25) is 0 Å². The SMILES string of the molecule is CC1CN(c2ccc(CN=C(N)NCCc3cccs3)cn2)CCO1. The summed E-state index contributed by atoms with van der Waals surface area (Å²) in [5.74, 6) is 1.47. The number of hydrogen-bond acceptors (Lipinski definition) is 5. The number of nitrogens with one attached hydrogen (secondary N) is 1. The van der Waals surface area contributed by atoms with Crippen molar-refractivity contribution in [3.05, 3.63) is 46.3 Å². The van der Waals surface area contributed by atoms with E-state index in [2.05, 4.69) is 50.7 Å². The maximum Gasteiger partial charge on any atom is 0.188 e. The summed E-state index contributed by atoms with van der Waals surface area (Å²) >= 11 is 1.76. The van der Waals surface area contributed by atoms with Gasteiger partial charge in [-0.05, 0) is 36.4 Å². The van der Waals surface area contributed by atoms with Crippen molar-refractivity contribution in [1.82, 2.24) is 10.3 Å². The molecule has 0 bridgehead atoms. The molecule has 1 aliphatic heterocycles. The van der Waals surface area contributed by atoms with Gasteiger partial charge in [0.1, 0.15) is 5.82 Å². The summed E-state index contributed by atoms with van der Waals surface area (Å²) in [6, 6.07) is 8.29. The Morgan fingerprint density at radius 2 is 2.40 bits per heavy atom. The minimum Gasteiger partial charge on any atom is -0.375 e. The largest absolute Gasteiger partial charge is 0.375 e. The van der Waals surface area contributed by atoms with Gasteiger partial charge in [-0.3, -0.25) is 0 Å². The third-order valence-electron chi connectivity index (χ3n) is 4.06. The molecule has 0 spiro atoms. The minimum absolute atomic E-state index is 0.250. The van der Waals surface area contributed by atoms with E-state index in [9.17, 15) is 0 Å². The first-order valence-electron chi connectivity index (χ1n) is 8.58. The average Bonchev–Trinajstić information content (AvgIpc) is 3.14. The summed E-state index contributed by atoms with van der Waals surface area (Å²) < 4.78 is 5.57. The van der Waals surface area contributed by atoms with Crippen LogP contribution in [-0.2, 0) is 17.7 Å². The Hall–Kier alpha value is -2.12. The Balaban J connectivity index is 1.45. The van der Waals surface area contributed by atoms with E-state index in [1.54, 1.807) is 11.3 Å². The molecular weight excluding hydrogens is 334 g/mol. The zero-order valence-electron chi connectivity index (χ0n) is 14.5. The van der Waals surface area contributed by atoms with Crippen molar-refractivity contribution in [2.24, 2.45) is 10.7 Å². The van der Waals surface area contributed by atoms with Gasteiger partial charge in [0.15, 0.2) is 5.96 Å². The van der Waals surface area contributed by atoms with Crippen LogP contribution in [0.25, 0.3) is 0 Å². The predicted octanol–water partition coefficient (Wildman–Crippen LogP) is 2.02. The van der Waals surface area contributed by atoms with Gasteiger partial charge in [0, 0.05) is 30.7 Å². The molecule has 2 aromatic heterocycles. The predicted molar refractivity (Wildman–Crippen MR) is 103 cm³/mol. The first-order chi connectivity index (χ1) is 12.2. The van der Waals surface area contributed by atoms with E-state index in [1.807, 2.05) is 12.3 Å². The van der Waals surface area contributed by atoms with E-state index in [0.29, 0.717) is 12.5 Å². The van der Waals surface area contributed by atoms with Crippen LogP contribution in [0.15, 0.2) is 40.8 Å². The topological polar surface area (TPSA) is 75.8 Å². The van der Waals surface area contributed by atoms with Crippen LogP contribution in [0.1, 0.15) is 17.4 Å². The molecule has 25 heavy (non-hydrogen) atoms. The molecule has 1 saturated heterocycles. The molecule has 1 aliphatic rings. The number of hydrogen-bond donors (Lipinski definition) is 2. The van der Waals surface area contributed by atoms with Gasteiger partial charge in [-0.25, -0.2) is 9.98 Å². The summed E-state index contributed by atoms with van der Waals surface area (Å²) in [5, 5.41) is 5.24. The Kier molecular flexibility index (Phi) is 6.25. The molecule has 1 unspecified atom stereocenters. The summed E-state index contributed by atoms with van der Waals surface area (Å²) in [4.78, 5) is 12.5. The number of morpholine rings is 1. The highest BCUT2D eigenvalue weighted by Crippen LogP contribution is 2.15. The third-order valence-corrected chi connectivity index (χ3v) is 5.00. The summed E-state index contributed by atoms with van der Waals surface area (Å²) in [6.07, 6.45) is 3.08. The molecule has 0 aliphatic carbocycles. The smallest absolute Gasteiger partial charge is 0.188 e. The van der Waals surface area contributed by atoms with E-state index < -0.39 is 0 Å². The third kappa shape index (κ3) is 5.44. The second-order valence-corrected chi connectivity index (χ2v) is 7.14. The highest BCUT2D eigenvalue weighted by Gasteiger charge is 2.17. The van der Waals surface area contributed by atoms with Gasteiger partial charge in [-0.2, -0.15) is 0 Å². The molecule has 1 fully saturated rings. The lowest BCUT2D eigenvalue weighted by atomic mass is 10.2. The summed E-state index contributed by atoms with van der Waals surface area (Å²) in [7, 11) is 0. The number of rotatable bonds is 6. The van der Waals surface area contributed by atoms with Gasteiger partial charge in [0.25, 0.3) is 0 Å². The molecule has 0 aromatic carbocycles. The van der Waals surface area contributed by atoms with Crippen molar-refractivity contribution in [2.45, 2.75) is 26.0 Å². The fourth-order valence-corrected chi connectivity index (χ4v) is 3.43. The van der Waals surface area contributed by atoms with Gasteiger partial charge < -0.3 is 20.7 Å². The van der Waals surface area contributed by atoms with Crippen molar-refractivity contribution in [3.8, 4) is 0 Å². The molecule has 0 amide bonds. The lowest BCUT2D eigenvalue weighted by Gasteiger charge is -2.32. The van der Waals surface area contributed by atoms with E-state index >= 15 is 0 Å². The number of anilines is 1. The van der Waals surface area contributed by atoms with Gasteiger partial charge in [-0.1, -0.05) is 12.1 Å². The second kappa shape index (κ2) is 8.82. The van der Waals surface area contributed by atoms with Crippen LogP contribution < -0.4 is 16.0 Å². The molecule has 0 saturated carbocycles. The fraction of sp³-hybridized carbons (Fsp3) is 0.444. The number of ether oxygens (including phenoxy) is 1. The zero-order valence-corrected chi connectivity index (χ0v) is 15.3. The van der Waals surface area contributed by atoms with Gasteiger partial charge in [-0.15, -0.1) is 11.3 Å². The molecule has 3 N–H and O–H groups in total. The maximum absolute atomic E-state index is 5.92. The lowest BCUT2D eigenvalue weighted by molar-refractivity contribution is 0.0529. The fourth-order valence-electron chi connectivity index (χ4n) is 2.72. The number of nitrogens with zero attached hydrogens (tertiary/aromatic N) is 3. The van der Waals surface area contributed by atoms with E-state index in [0.717, 1.165) is 44.0 Å². The van der Waals surface area contributed by atoms with E-state index in [-0.39, 0.29) is 6.10 Å². The van der Waals surface area contributed by atoms with Gasteiger partial charge in [0.2, 0.25) is 0 Å². The van der Waals surface area contributed by atoms with Crippen molar-refractivity contribution in [1.29, 1.82) is 0 Å². The number of guanidine groups is 1. The molecule has 134 valence electrons. The van der Waals surface area contributed by atoms with Crippen molar-refractivity contribution in [3.63, 3.8) is 0 Å². The maximum atomic E-state index is 5.92. The summed E-state index contributed by atoms with van der Waals surface area (Å²) in [6.45, 7) is 5.93. The normalized spacial score (nSPS) is 18.4. The van der Waals surface area contributed by atoms with Crippen molar-refractivity contribution >= 4 is 23.1 Å². The van der Waals surface area contributed by atoms with Crippen LogP contribution in [-0.4, -0.2) is 43.3 Å². The average molecular weight is 359 g/mol. The molecule has 6 nitrogen and oxygen atoms in total.